The first kappa shape index (κ1) is 8.09. The quantitative estimate of drug-likeness (QED) is 0.538. The Morgan fingerprint density at radius 3 is 2.08 bits per heavy atom. The van der Waals surface area contributed by atoms with Crippen molar-refractivity contribution in [2.75, 3.05) is 13.1 Å². The minimum absolute atomic E-state index is 0.254. The summed E-state index contributed by atoms with van der Waals surface area (Å²) in [6.07, 6.45) is 6.76. The normalized spacial score (nSPS) is 26.9. The van der Waals surface area contributed by atoms with Crippen LogP contribution in [0.4, 0.5) is 0 Å². The third-order valence-electron chi connectivity index (χ3n) is 3.68. The lowest BCUT2D eigenvalue weighted by Gasteiger charge is -2.47. The highest BCUT2D eigenvalue weighted by molar-refractivity contribution is 5.73. The molecule has 0 N–H and O–H groups in total. The number of hydrogen-bond acceptors (Lipinski definition) is 1. The van der Waals surface area contributed by atoms with Crippen LogP contribution in [-0.2, 0) is 4.79 Å². The predicted octanol–water partition coefficient (Wildman–Crippen LogP) is 1.80. The fourth-order valence-electron chi connectivity index (χ4n) is 2.47. The fourth-order valence-corrected chi connectivity index (χ4v) is 2.47. The minimum Gasteiger partial charge on any atom is -0.343 e. The molecule has 1 amide bonds. The summed E-state index contributed by atoms with van der Waals surface area (Å²) in [5.74, 6) is 0.254. The monoisotopic (exact) mass is 167 g/mol. The maximum atomic E-state index is 11.0. The van der Waals surface area contributed by atoms with E-state index in [9.17, 15) is 4.79 Å². The van der Waals surface area contributed by atoms with E-state index in [-0.39, 0.29) is 5.91 Å². The van der Waals surface area contributed by atoms with Crippen LogP contribution in [0.25, 0.3) is 0 Å². The van der Waals surface area contributed by atoms with Crippen LogP contribution in [0.15, 0.2) is 0 Å². The molecule has 1 saturated heterocycles. The molecule has 68 valence electrons. The van der Waals surface area contributed by atoms with Crippen LogP contribution in [-0.4, -0.2) is 23.9 Å². The maximum absolute atomic E-state index is 11.0. The van der Waals surface area contributed by atoms with Crippen molar-refractivity contribution in [3.8, 4) is 0 Å². The Morgan fingerprint density at radius 2 is 1.75 bits per heavy atom. The van der Waals surface area contributed by atoms with Gasteiger partial charge in [-0.1, -0.05) is 6.42 Å². The number of carbonyl (C=O) groups is 1. The molecule has 1 saturated carbocycles. The lowest BCUT2D eigenvalue weighted by atomic mass is 9.63. The molecule has 0 aromatic rings. The van der Waals surface area contributed by atoms with E-state index in [0.29, 0.717) is 5.41 Å². The van der Waals surface area contributed by atoms with E-state index in [1.54, 1.807) is 6.92 Å². The first-order chi connectivity index (χ1) is 5.72. The Bertz CT molecular complexity index is 186. The zero-order chi connectivity index (χ0) is 8.60. The van der Waals surface area contributed by atoms with E-state index in [1.165, 1.54) is 32.1 Å². The van der Waals surface area contributed by atoms with Gasteiger partial charge in [0.15, 0.2) is 0 Å². The van der Waals surface area contributed by atoms with E-state index in [1.807, 2.05) is 4.90 Å². The second kappa shape index (κ2) is 2.75. The van der Waals surface area contributed by atoms with Gasteiger partial charge in [-0.25, -0.2) is 0 Å². The molecular formula is C10H17NO. The number of rotatable bonds is 0. The number of carbonyl (C=O) groups excluding carboxylic acids is 1. The topological polar surface area (TPSA) is 20.3 Å². The molecule has 2 fully saturated rings. The Balaban J connectivity index is 1.88. The minimum atomic E-state index is 0.254. The highest BCUT2D eigenvalue weighted by Gasteiger charge is 2.39. The molecular weight excluding hydrogens is 150 g/mol. The molecule has 2 nitrogen and oxygen atoms in total. The van der Waals surface area contributed by atoms with E-state index in [4.69, 9.17) is 0 Å². The van der Waals surface area contributed by atoms with Crippen molar-refractivity contribution in [1.29, 1.82) is 0 Å². The molecule has 0 aromatic carbocycles. The van der Waals surface area contributed by atoms with Crippen LogP contribution >= 0.6 is 0 Å². The van der Waals surface area contributed by atoms with E-state index in [0.717, 1.165) is 13.1 Å². The third-order valence-corrected chi connectivity index (χ3v) is 3.68. The SMILES string of the molecule is CC(=O)N1CCC2(CCC2)CC1. The van der Waals surface area contributed by atoms with Crippen LogP contribution < -0.4 is 0 Å². The third kappa shape index (κ3) is 1.23. The van der Waals surface area contributed by atoms with Crippen molar-refractivity contribution in [1.82, 2.24) is 4.90 Å². The Morgan fingerprint density at radius 1 is 1.17 bits per heavy atom. The van der Waals surface area contributed by atoms with Crippen molar-refractivity contribution < 1.29 is 4.79 Å². The average molecular weight is 167 g/mol. The van der Waals surface area contributed by atoms with Crippen molar-refractivity contribution in [3.63, 3.8) is 0 Å². The fraction of sp³-hybridized carbons (Fsp3) is 0.900. The van der Waals surface area contributed by atoms with Crippen LogP contribution in [0.3, 0.4) is 0 Å². The number of nitrogens with zero attached hydrogens (tertiary/aromatic N) is 1. The van der Waals surface area contributed by atoms with Gasteiger partial charge in [-0.2, -0.15) is 0 Å². The van der Waals surface area contributed by atoms with Crippen LogP contribution in [0.1, 0.15) is 39.0 Å². The molecule has 1 spiro atoms. The molecule has 0 unspecified atom stereocenters. The van der Waals surface area contributed by atoms with E-state index in [2.05, 4.69) is 0 Å². The van der Waals surface area contributed by atoms with Crippen molar-refractivity contribution in [2.45, 2.75) is 39.0 Å². The van der Waals surface area contributed by atoms with Crippen LogP contribution in [0, 0.1) is 5.41 Å². The zero-order valence-corrected chi connectivity index (χ0v) is 7.81. The molecule has 1 heterocycles. The first-order valence-electron chi connectivity index (χ1n) is 4.97. The maximum Gasteiger partial charge on any atom is 0.219 e. The van der Waals surface area contributed by atoms with Gasteiger partial charge in [-0.15, -0.1) is 0 Å². The molecule has 2 rings (SSSR count). The van der Waals surface area contributed by atoms with Gasteiger partial charge in [0, 0.05) is 20.0 Å². The van der Waals surface area contributed by atoms with Crippen molar-refractivity contribution in [3.05, 3.63) is 0 Å². The van der Waals surface area contributed by atoms with Crippen LogP contribution in [0.2, 0.25) is 0 Å². The summed E-state index contributed by atoms with van der Waals surface area (Å²) in [6, 6.07) is 0. The molecule has 2 aliphatic rings. The highest BCUT2D eigenvalue weighted by atomic mass is 16.2. The van der Waals surface area contributed by atoms with E-state index < -0.39 is 0 Å². The standard InChI is InChI=1S/C10H17NO/c1-9(12)11-7-5-10(6-8-11)3-2-4-10/h2-8H2,1H3. The van der Waals surface area contributed by atoms with Crippen molar-refractivity contribution >= 4 is 5.91 Å². The first-order valence-corrected chi connectivity index (χ1v) is 4.97. The molecule has 0 radical (unpaired) electrons. The van der Waals surface area contributed by atoms with Gasteiger partial charge >= 0.3 is 0 Å². The van der Waals surface area contributed by atoms with Gasteiger partial charge in [-0.05, 0) is 31.1 Å². The summed E-state index contributed by atoms with van der Waals surface area (Å²) < 4.78 is 0. The molecule has 1 aliphatic heterocycles. The van der Waals surface area contributed by atoms with Gasteiger partial charge < -0.3 is 4.90 Å². The van der Waals surface area contributed by atoms with E-state index >= 15 is 0 Å². The largest absolute Gasteiger partial charge is 0.343 e. The Labute approximate surface area is 73.9 Å². The molecule has 0 bridgehead atoms. The summed E-state index contributed by atoms with van der Waals surface area (Å²) in [4.78, 5) is 13.0. The Kier molecular flexibility index (Phi) is 1.85. The molecule has 0 atom stereocenters. The second-order valence-electron chi connectivity index (χ2n) is 4.36. The Hall–Kier alpha value is -0.530. The summed E-state index contributed by atoms with van der Waals surface area (Å²) >= 11 is 0. The predicted molar refractivity (Wildman–Crippen MR) is 47.8 cm³/mol. The summed E-state index contributed by atoms with van der Waals surface area (Å²) in [5, 5.41) is 0. The lowest BCUT2D eigenvalue weighted by Crippen LogP contribution is -2.45. The van der Waals surface area contributed by atoms with Crippen LogP contribution in [0.5, 0.6) is 0 Å². The molecule has 12 heavy (non-hydrogen) atoms. The molecule has 1 aliphatic carbocycles. The summed E-state index contributed by atoms with van der Waals surface area (Å²) in [5.41, 5.74) is 0.673. The van der Waals surface area contributed by atoms with Gasteiger partial charge in [0.25, 0.3) is 0 Å². The number of amides is 1. The highest BCUT2D eigenvalue weighted by Crippen LogP contribution is 2.48. The summed E-state index contributed by atoms with van der Waals surface area (Å²) in [7, 11) is 0. The van der Waals surface area contributed by atoms with Gasteiger partial charge in [0.05, 0.1) is 0 Å². The summed E-state index contributed by atoms with van der Waals surface area (Å²) in [6.45, 7) is 3.70. The lowest BCUT2D eigenvalue weighted by molar-refractivity contribution is -0.132. The number of piperidine rings is 1. The zero-order valence-electron chi connectivity index (χ0n) is 7.81. The molecule has 0 aromatic heterocycles. The van der Waals surface area contributed by atoms with Gasteiger partial charge in [0.2, 0.25) is 5.91 Å². The molecule has 2 heteroatoms. The second-order valence-corrected chi connectivity index (χ2v) is 4.36. The van der Waals surface area contributed by atoms with Gasteiger partial charge in [0.1, 0.15) is 0 Å². The number of likely N-dealkylation sites (tertiary alicyclic amines) is 1. The average Bonchev–Trinajstić information content (AvgIpc) is 2.02. The smallest absolute Gasteiger partial charge is 0.219 e. The van der Waals surface area contributed by atoms with Crippen molar-refractivity contribution in [2.24, 2.45) is 5.41 Å². The van der Waals surface area contributed by atoms with Gasteiger partial charge in [-0.3, -0.25) is 4.79 Å². The number of hydrogen-bond donors (Lipinski definition) is 0.